The van der Waals surface area contributed by atoms with Gasteiger partial charge >= 0.3 is 6.03 Å². The van der Waals surface area contributed by atoms with E-state index >= 15 is 0 Å². The summed E-state index contributed by atoms with van der Waals surface area (Å²) in [6.07, 6.45) is 4.77. The number of aromatic amines is 1. The Morgan fingerprint density at radius 3 is 3.00 bits per heavy atom. The number of carbonyl (C=O) groups excluding carboxylic acids is 1. The lowest BCUT2D eigenvalue weighted by atomic mass is 10.2. The van der Waals surface area contributed by atoms with Crippen molar-refractivity contribution in [3.8, 4) is 0 Å². The number of rotatable bonds is 5. The third-order valence-corrected chi connectivity index (χ3v) is 2.71. The fraction of sp³-hybridized carbons (Fsp3) is 0.333. The van der Waals surface area contributed by atoms with E-state index in [0.717, 1.165) is 5.76 Å². The summed E-state index contributed by atoms with van der Waals surface area (Å²) in [5.74, 6) is 0.814. The molecule has 0 aromatic carbocycles. The Balaban J connectivity index is 1.87. The number of carbonyl (C=O) groups is 1. The van der Waals surface area contributed by atoms with Gasteiger partial charge in [-0.15, -0.1) is 0 Å². The second-order valence-corrected chi connectivity index (χ2v) is 4.32. The van der Waals surface area contributed by atoms with Crippen molar-refractivity contribution in [2.45, 2.75) is 6.04 Å². The van der Waals surface area contributed by atoms with Crippen molar-refractivity contribution in [2.75, 3.05) is 26.0 Å². The second kappa shape index (κ2) is 6.05. The number of amides is 2. The van der Waals surface area contributed by atoms with Crippen molar-refractivity contribution in [3.05, 3.63) is 36.5 Å². The minimum Gasteiger partial charge on any atom is -0.468 e. The lowest BCUT2D eigenvalue weighted by Gasteiger charge is -2.22. The standard InChI is InChI=1S/C12H17N5O2/c1-17(2)10(11-4-3-5-19-11)8-13-12(18)16-9-6-14-15-7-9/h3-7,10H,8H2,1-2H3,(H,14,15)(H2,13,16,18)/t10-/m1/s1. The molecule has 2 aromatic rings. The molecule has 3 N–H and O–H groups in total. The van der Waals surface area contributed by atoms with Gasteiger partial charge in [-0.25, -0.2) is 4.79 Å². The molecule has 1 atom stereocenters. The molecule has 102 valence electrons. The normalized spacial score (nSPS) is 12.4. The fourth-order valence-electron chi connectivity index (χ4n) is 1.70. The van der Waals surface area contributed by atoms with E-state index in [0.29, 0.717) is 12.2 Å². The molecule has 0 spiro atoms. The SMILES string of the molecule is CN(C)[C@H](CNC(=O)Nc1cn[nH]c1)c1ccco1. The Kier molecular flexibility index (Phi) is 4.19. The van der Waals surface area contributed by atoms with Crippen LogP contribution in [0.4, 0.5) is 10.5 Å². The number of likely N-dealkylation sites (N-methyl/N-ethyl adjacent to an activating group) is 1. The summed E-state index contributed by atoms with van der Waals surface area (Å²) in [6.45, 7) is 0.449. The van der Waals surface area contributed by atoms with Gasteiger partial charge in [-0.2, -0.15) is 5.10 Å². The van der Waals surface area contributed by atoms with Gasteiger partial charge in [-0.3, -0.25) is 10.00 Å². The van der Waals surface area contributed by atoms with E-state index in [4.69, 9.17) is 4.42 Å². The maximum Gasteiger partial charge on any atom is 0.319 e. The molecule has 0 aliphatic heterocycles. The lowest BCUT2D eigenvalue weighted by molar-refractivity contribution is 0.233. The van der Waals surface area contributed by atoms with Gasteiger partial charge < -0.3 is 15.1 Å². The van der Waals surface area contributed by atoms with Crippen LogP contribution in [0.3, 0.4) is 0 Å². The Hall–Kier alpha value is -2.28. The van der Waals surface area contributed by atoms with Crippen molar-refractivity contribution in [1.82, 2.24) is 20.4 Å². The fourth-order valence-corrected chi connectivity index (χ4v) is 1.70. The van der Waals surface area contributed by atoms with Gasteiger partial charge in [0.1, 0.15) is 5.76 Å². The topological polar surface area (TPSA) is 86.2 Å². The molecule has 2 rings (SSSR count). The first kappa shape index (κ1) is 13.2. The Labute approximate surface area is 111 Å². The van der Waals surface area contributed by atoms with Crippen molar-refractivity contribution in [3.63, 3.8) is 0 Å². The summed E-state index contributed by atoms with van der Waals surface area (Å²) in [5.41, 5.74) is 0.622. The Morgan fingerprint density at radius 1 is 1.58 bits per heavy atom. The summed E-state index contributed by atoms with van der Waals surface area (Å²) in [6, 6.07) is 3.43. The minimum absolute atomic E-state index is 0.00917. The number of H-pyrrole nitrogens is 1. The van der Waals surface area contributed by atoms with E-state index < -0.39 is 0 Å². The number of aromatic nitrogens is 2. The highest BCUT2D eigenvalue weighted by atomic mass is 16.3. The molecule has 19 heavy (non-hydrogen) atoms. The number of hydrogen-bond donors (Lipinski definition) is 3. The van der Waals surface area contributed by atoms with Gasteiger partial charge in [-0.1, -0.05) is 0 Å². The van der Waals surface area contributed by atoms with Crippen molar-refractivity contribution < 1.29 is 9.21 Å². The number of anilines is 1. The summed E-state index contributed by atoms with van der Waals surface area (Å²) < 4.78 is 5.37. The zero-order valence-corrected chi connectivity index (χ0v) is 10.9. The Morgan fingerprint density at radius 2 is 2.42 bits per heavy atom. The molecule has 0 radical (unpaired) electrons. The summed E-state index contributed by atoms with van der Waals surface area (Å²) in [5, 5.41) is 11.8. The van der Waals surface area contributed by atoms with E-state index in [2.05, 4.69) is 20.8 Å². The summed E-state index contributed by atoms with van der Waals surface area (Å²) in [4.78, 5) is 13.7. The van der Waals surface area contributed by atoms with Crippen LogP contribution in [-0.4, -0.2) is 41.8 Å². The summed E-state index contributed by atoms with van der Waals surface area (Å²) >= 11 is 0. The number of nitrogens with one attached hydrogen (secondary N) is 3. The van der Waals surface area contributed by atoms with Gasteiger partial charge in [-0.05, 0) is 26.2 Å². The molecule has 0 saturated heterocycles. The van der Waals surface area contributed by atoms with Crippen LogP contribution in [0.15, 0.2) is 35.2 Å². The van der Waals surface area contributed by atoms with Crippen LogP contribution >= 0.6 is 0 Å². The Bertz CT molecular complexity index is 492. The van der Waals surface area contributed by atoms with Crippen LogP contribution in [0, 0.1) is 0 Å². The van der Waals surface area contributed by atoms with Gasteiger partial charge in [0, 0.05) is 12.7 Å². The number of furan rings is 1. The first-order valence-electron chi connectivity index (χ1n) is 5.90. The van der Waals surface area contributed by atoms with E-state index in [1.807, 2.05) is 31.1 Å². The first-order chi connectivity index (χ1) is 9.16. The minimum atomic E-state index is -0.278. The molecule has 0 unspecified atom stereocenters. The molecule has 0 aliphatic carbocycles. The predicted molar refractivity (Wildman–Crippen MR) is 70.7 cm³/mol. The van der Waals surface area contributed by atoms with E-state index in [-0.39, 0.29) is 12.1 Å². The second-order valence-electron chi connectivity index (χ2n) is 4.32. The predicted octanol–water partition coefficient (Wildman–Crippen LogP) is 1.43. The molecule has 2 amide bonds. The van der Waals surface area contributed by atoms with Crippen LogP contribution in [-0.2, 0) is 0 Å². The number of nitrogens with zero attached hydrogens (tertiary/aromatic N) is 2. The maximum absolute atomic E-state index is 11.7. The summed E-state index contributed by atoms with van der Waals surface area (Å²) in [7, 11) is 3.87. The quantitative estimate of drug-likeness (QED) is 0.761. The smallest absolute Gasteiger partial charge is 0.319 e. The highest BCUT2D eigenvalue weighted by Crippen LogP contribution is 2.17. The van der Waals surface area contributed by atoms with E-state index in [1.54, 1.807) is 12.5 Å². The average molecular weight is 263 g/mol. The van der Waals surface area contributed by atoms with Crippen LogP contribution in [0.2, 0.25) is 0 Å². The zero-order valence-electron chi connectivity index (χ0n) is 10.9. The highest BCUT2D eigenvalue weighted by Gasteiger charge is 2.17. The van der Waals surface area contributed by atoms with Crippen molar-refractivity contribution >= 4 is 11.7 Å². The maximum atomic E-state index is 11.7. The molecular formula is C12H17N5O2. The number of urea groups is 1. The third kappa shape index (κ3) is 3.59. The molecule has 0 saturated carbocycles. The molecule has 2 heterocycles. The van der Waals surface area contributed by atoms with Crippen molar-refractivity contribution in [1.29, 1.82) is 0 Å². The van der Waals surface area contributed by atoms with Crippen LogP contribution in [0.1, 0.15) is 11.8 Å². The molecule has 2 aromatic heterocycles. The first-order valence-corrected chi connectivity index (χ1v) is 5.90. The van der Waals surface area contributed by atoms with Crippen LogP contribution < -0.4 is 10.6 Å². The lowest BCUT2D eigenvalue weighted by Crippen LogP contribution is -2.36. The van der Waals surface area contributed by atoms with Gasteiger partial charge in [0.05, 0.1) is 24.2 Å². The zero-order chi connectivity index (χ0) is 13.7. The van der Waals surface area contributed by atoms with Crippen LogP contribution in [0.5, 0.6) is 0 Å². The third-order valence-electron chi connectivity index (χ3n) is 2.71. The molecule has 0 aliphatic rings. The monoisotopic (exact) mass is 263 g/mol. The van der Waals surface area contributed by atoms with Crippen molar-refractivity contribution in [2.24, 2.45) is 0 Å². The number of hydrogen-bond acceptors (Lipinski definition) is 4. The van der Waals surface area contributed by atoms with E-state index in [1.165, 1.54) is 6.20 Å². The molecule has 0 fully saturated rings. The molecule has 7 nitrogen and oxygen atoms in total. The van der Waals surface area contributed by atoms with Gasteiger partial charge in [0.15, 0.2) is 0 Å². The van der Waals surface area contributed by atoms with Gasteiger partial charge in [0.25, 0.3) is 0 Å². The van der Waals surface area contributed by atoms with E-state index in [9.17, 15) is 4.79 Å². The molecular weight excluding hydrogens is 246 g/mol. The largest absolute Gasteiger partial charge is 0.468 e. The molecule has 7 heteroatoms. The van der Waals surface area contributed by atoms with Crippen LogP contribution in [0.25, 0.3) is 0 Å². The molecule has 0 bridgehead atoms. The average Bonchev–Trinajstić information content (AvgIpc) is 3.01. The highest BCUT2D eigenvalue weighted by molar-refractivity contribution is 5.88. The van der Waals surface area contributed by atoms with Gasteiger partial charge in [0.2, 0.25) is 0 Å².